The van der Waals surface area contributed by atoms with Gasteiger partial charge in [0.05, 0.1) is 0 Å². The number of rotatable bonds is 2. The highest BCUT2D eigenvalue weighted by molar-refractivity contribution is 5.34. The summed E-state index contributed by atoms with van der Waals surface area (Å²) in [5.41, 5.74) is -1.04. The van der Waals surface area contributed by atoms with Crippen molar-refractivity contribution >= 4 is 0 Å². The van der Waals surface area contributed by atoms with Crippen molar-refractivity contribution in [1.29, 1.82) is 0 Å². The molecule has 2 heterocycles. The van der Waals surface area contributed by atoms with Crippen LogP contribution in [0.2, 0.25) is 0 Å². The molecule has 2 aromatic rings. The third kappa shape index (κ3) is 2.51. The molecule has 0 spiro atoms. The normalized spacial score (nSPS) is 12.1. The van der Waals surface area contributed by atoms with E-state index in [4.69, 9.17) is 4.42 Å². The molecular formula is C11H10F3N3O2. The first-order valence-corrected chi connectivity index (χ1v) is 5.43. The van der Waals surface area contributed by atoms with E-state index in [2.05, 4.69) is 10.1 Å². The second-order valence-corrected chi connectivity index (χ2v) is 4.15. The molecule has 8 heteroatoms. The van der Waals surface area contributed by atoms with E-state index >= 15 is 0 Å². The Labute approximate surface area is 105 Å². The molecule has 2 rings (SSSR count). The average molecular weight is 273 g/mol. The van der Waals surface area contributed by atoms with Gasteiger partial charge < -0.3 is 4.42 Å². The highest BCUT2D eigenvalue weighted by Crippen LogP contribution is 2.32. The summed E-state index contributed by atoms with van der Waals surface area (Å²) in [6, 6.07) is 1.97. The SMILES string of the molecule is CC(C)c1nn(-c2ncccc2C(F)(F)F)c(=O)o1. The van der Waals surface area contributed by atoms with Gasteiger partial charge in [0.1, 0.15) is 5.56 Å². The van der Waals surface area contributed by atoms with Crippen LogP contribution in [-0.2, 0) is 6.18 Å². The summed E-state index contributed by atoms with van der Waals surface area (Å²) in [6.45, 7) is 3.41. The number of pyridine rings is 1. The lowest BCUT2D eigenvalue weighted by atomic mass is 10.2. The molecule has 19 heavy (non-hydrogen) atoms. The minimum Gasteiger partial charge on any atom is -0.392 e. The third-order valence-corrected chi connectivity index (χ3v) is 2.35. The van der Waals surface area contributed by atoms with Gasteiger partial charge in [0.2, 0.25) is 5.89 Å². The van der Waals surface area contributed by atoms with E-state index in [9.17, 15) is 18.0 Å². The molecule has 0 fully saturated rings. The fraction of sp³-hybridized carbons (Fsp3) is 0.364. The second-order valence-electron chi connectivity index (χ2n) is 4.15. The van der Waals surface area contributed by atoms with Crippen molar-refractivity contribution in [3.63, 3.8) is 0 Å². The van der Waals surface area contributed by atoms with Gasteiger partial charge in [0.25, 0.3) is 0 Å². The zero-order valence-corrected chi connectivity index (χ0v) is 10.1. The van der Waals surface area contributed by atoms with Gasteiger partial charge in [-0.1, -0.05) is 13.8 Å². The summed E-state index contributed by atoms with van der Waals surface area (Å²) < 4.78 is 43.8. The standard InChI is InChI=1S/C11H10F3N3O2/c1-6(2)9-16-17(10(18)19-9)8-7(11(12,13)14)4-3-5-15-8/h3-6H,1-2H3. The lowest BCUT2D eigenvalue weighted by Crippen LogP contribution is -2.20. The third-order valence-electron chi connectivity index (χ3n) is 2.35. The molecule has 5 nitrogen and oxygen atoms in total. The van der Waals surface area contributed by atoms with Crippen LogP contribution in [0, 0.1) is 0 Å². The minimum absolute atomic E-state index is 0.0591. The summed E-state index contributed by atoms with van der Waals surface area (Å²) in [7, 11) is 0. The fourth-order valence-electron chi connectivity index (χ4n) is 1.45. The van der Waals surface area contributed by atoms with Gasteiger partial charge in [0.15, 0.2) is 5.82 Å². The van der Waals surface area contributed by atoms with E-state index in [1.807, 2.05) is 0 Å². The van der Waals surface area contributed by atoms with Crippen LogP contribution < -0.4 is 5.76 Å². The molecule has 0 radical (unpaired) electrons. The highest BCUT2D eigenvalue weighted by Gasteiger charge is 2.35. The van der Waals surface area contributed by atoms with Crippen LogP contribution in [0.25, 0.3) is 5.82 Å². The van der Waals surface area contributed by atoms with Gasteiger partial charge in [-0.2, -0.15) is 13.2 Å². The Morgan fingerprint density at radius 1 is 1.37 bits per heavy atom. The highest BCUT2D eigenvalue weighted by atomic mass is 19.4. The zero-order chi connectivity index (χ0) is 14.2. The first-order chi connectivity index (χ1) is 8.80. The number of nitrogens with zero attached hydrogens (tertiary/aromatic N) is 3. The smallest absolute Gasteiger partial charge is 0.392 e. The van der Waals surface area contributed by atoms with Crippen molar-refractivity contribution in [2.24, 2.45) is 0 Å². The fourth-order valence-corrected chi connectivity index (χ4v) is 1.45. The van der Waals surface area contributed by atoms with Crippen molar-refractivity contribution in [1.82, 2.24) is 14.8 Å². The number of halogens is 3. The quantitative estimate of drug-likeness (QED) is 0.842. The molecule has 0 unspecified atom stereocenters. The predicted octanol–water partition coefficient (Wildman–Crippen LogP) is 2.36. The van der Waals surface area contributed by atoms with E-state index in [0.717, 1.165) is 18.3 Å². The predicted molar refractivity (Wildman–Crippen MR) is 59.0 cm³/mol. The van der Waals surface area contributed by atoms with E-state index in [0.29, 0.717) is 4.68 Å². The van der Waals surface area contributed by atoms with Crippen LogP contribution in [0.1, 0.15) is 31.2 Å². The second kappa shape index (κ2) is 4.52. The molecule has 2 aromatic heterocycles. The molecule has 0 N–H and O–H groups in total. The van der Waals surface area contributed by atoms with Crippen LogP contribution in [-0.4, -0.2) is 14.8 Å². The first-order valence-electron chi connectivity index (χ1n) is 5.43. The molecule has 0 aliphatic carbocycles. The van der Waals surface area contributed by atoms with Gasteiger partial charge in [-0.25, -0.2) is 9.78 Å². The van der Waals surface area contributed by atoms with Crippen molar-refractivity contribution < 1.29 is 17.6 Å². The molecule has 102 valence electrons. The van der Waals surface area contributed by atoms with Crippen LogP contribution in [0.5, 0.6) is 0 Å². The number of aromatic nitrogens is 3. The van der Waals surface area contributed by atoms with Crippen molar-refractivity contribution in [3.8, 4) is 5.82 Å². The van der Waals surface area contributed by atoms with Gasteiger partial charge in [-0.05, 0) is 12.1 Å². The van der Waals surface area contributed by atoms with E-state index in [1.165, 1.54) is 0 Å². The molecular weight excluding hydrogens is 263 g/mol. The first kappa shape index (κ1) is 13.3. The van der Waals surface area contributed by atoms with E-state index in [-0.39, 0.29) is 11.8 Å². The number of alkyl halides is 3. The van der Waals surface area contributed by atoms with Crippen molar-refractivity contribution in [3.05, 3.63) is 40.3 Å². The molecule has 0 bridgehead atoms. The molecule has 0 saturated heterocycles. The van der Waals surface area contributed by atoms with Gasteiger partial charge in [-0.3, -0.25) is 0 Å². The Balaban J connectivity index is 2.63. The molecule has 0 saturated carbocycles. The lowest BCUT2D eigenvalue weighted by molar-refractivity contribution is -0.137. The van der Waals surface area contributed by atoms with Gasteiger partial charge >= 0.3 is 11.9 Å². The summed E-state index contributed by atoms with van der Waals surface area (Å²) >= 11 is 0. The van der Waals surface area contributed by atoms with Gasteiger partial charge in [-0.15, -0.1) is 9.78 Å². The molecule has 0 aliphatic heterocycles. The zero-order valence-electron chi connectivity index (χ0n) is 10.1. The summed E-state index contributed by atoms with van der Waals surface area (Å²) in [5, 5.41) is 3.73. The topological polar surface area (TPSA) is 60.9 Å². The monoisotopic (exact) mass is 273 g/mol. The average Bonchev–Trinajstić information content (AvgIpc) is 2.70. The van der Waals surface area contributed by atoms with Crippen LogP contribution in [0.4, 0.5) is 13.2 Å². The maximum absolute atomic E-state index is 12.8. The molecule has 0 atom stereocenters. The van der Waals surface area contributed by atoms with Crippen LogP contribution in [0.3, 0.4) is 0 Å². The summed E-state index contributed by atoms with van der Waals surface area (Å²) in [6.07, 6.45) is -3.47. The van der Waals surface area contributed by atoms with Crippen molar-refractivity contribution in [2.75, 3.05) is 0 Å². The molecule has 0 aliphatic rings. The summed E-state index contributed by atoms with van der Waals surface area (Å²) in [5.74, 6) is -1.74. The van der Waals surface area contributed by atoms with Crippen molar-refractivity contribution in [2.45, 2.75) is 25.9 Å². The largest absolute Gasteiger partial charge is 0.443 e. The van der Waals surface area contributed by atoms with Crippen LogP contribution >= 0.6 is 0 Å². The number of hydrogen-bond donors (Lipinski definition) is 0. The van der Waals surface area contributed by atoms with E-state index in [1.54, 1.807) is 13.8 Å². The number of hydrogen-bond acceptors (Lipinski definition) is 4. The van der Waals surface area contributed by atoms with Gasteiger partial charge in [0, 0.05) is 12.1 Å². The molecule has 0 amide bonds. The Morgan fingerprint density at radius 2 is 2.05 bits per heavy atom. The Kier molecular flexibility index (Phi) is 3.17. The maximum atomic E-state index is 12.8. The lowest BCUT2D eigenvalue weighted by Gasteiger charge is -2.09. The Morgan fingerprint density at radius 3 is 2.58 bits per heavy atom. The summed E-state index contributed by atoms with van der Waals surface area (Å²) in [4.78, 5) is 15.1. The van der Waals surface area contributed by atoms with Crippen LogP contribution in [0.15, 0.2) is 27.5 Å². The Bertz CT molecular complexity index is 643. The minimum atomic E-state index is -4.63. The van der Waals surface area contributed by atoms with E-state index < -0.39 is 23.3 Å². The Hall–Kier alpha value is -2.12. The maximum Gasteiger partial charge on any atom is 0.443 e. The molecule has 0 aromatic carbocycles.